The lowest BCUT2D eigenvalue weighted by Crippen LogP contribution is -2.44. The van der Waals surface area contributed by atoms with E-state index in [9.17, 15) is 8.78 Å². The fourth-order valence-electron chi connectivity index (χ4n) is 2.01. The molecule has 0 amide bonds. The van der Waals surface area contributed by atoms with Gasteiger partial charge in [0.1, 0.15) is 11.6 Å². The molecule has 0 fully saturated rings. The molecule has 2 aromatic carbocycles. The molecule has 0 spiro atoms. The highest BCUT2D eigenvalue weighted by atomic mass is 35.5. The van der Waals surface area contributed by atoms with E-state index in [0.717, 1.165) is 0 Å². The first-order valence-electron chi connectivity index (χ1n) is 7.77. The van der Waals surface area contributed by atoms with E-state index < -0.39 is 11.6 Å². The molecule has 0 saturated carbocycles. The first-order valence-corrected chi connectivity index (χ1v) is 9.34. The predicted molar refractivity (Wildman–Crippen MR) is 116 cm³/mol. The highest BCUT2D eigenvalue weighted by Crippen LogP contribution is 2.20. The maximum absolute atomic E-state index is 13.2. The molecule has 4 nitrogen and oxygen atoms in total. The molecule has 0 aliphatic carbocycles. The minimum atomic E-state index is -0.498. The Balaban J connectivity index is 1.76. The van der Waals surface area contributed by atoms with Crippen LogP contribution in [0.4, 0.5) is 20.2 Å². The molecule has 0 aliphatic rings. The fraction of sp³-hybridized carbons (Fsp3) is 0.176. The number of rotatable bonds is 5. The van der Waals surface area contributed by atoms with Crippen molar-refractivity contribution in [3.8, 4) is 0 Å². The van der Waals surface area contributed by atoms with Crippen LogP contribution in [0.25, 0.3) is 0 Å². The van der Waals surface area contributed by atoms with Crippen LogP contribution < -0.4 is 21.3 Å². The molecule has 0 saturated heterocycles. The van der Waals surface area contributed by atoms with Crippen molar-refractivity contribution in [3.05, 3.63) is 58.1 Å². The molecular weight excluding hydrogens is 433 g/mol. The quantitative estimate of drug-likeness (QED) is 0.486. The van der Waals surface area contributed by atoms with E-state index in [1.54, 1.807) is 0 Å². The Kier molecular flexibility index (Phi) is 7.97. The van der Waals surface area contributed by atoms with Gasteiger partial charge in [-0.05, 0) is 67.8 Å². The smallest absolute Gasteiger partial charge is 0.171 e. The molecule has 2 aromatic rings. The van der Waals surface area contributed by atoms with Crippen LogP contribution in [0.3, 0.4) is 0 Å². The molecule has 0 radical (unpaired) electrons. The van der Waals surface area contributed by atoms with Crippen molar-refractivity contribution in [1.82, 2.24) is 10.6 Å². The number of thiocarbonyl (C=S) groups is 2. The van der Waals surface area contributed by atoms with Crippen molar-refractivity contribution in [3.63, 3.8) is 0 Å². The molecule has 0 aromatic heterocycles. The van der Waals surface area contributed by atoms with E-state index in [1.807, 2.05) is 6.92 Å². The van der Waals surface area contributed by atoms with Crippen LogP contribution in [-0.2, 0) is 0 Å². The van der Waals surface area contributed by atoms with Crippen LogP contribution >= 0.6 is 47.6 Å². The van der Waals surface area contributed by atoms with Gasteiger partial charge in [0, 0.05) is 24.0 Å². The molecule has 27 heavy (non-hydrogen) atoms. The topological polar surface area (TPSA) is 48.1 Å². The zero-order chi connectivity index (χ0) is 20.0. The van der Waals surface area contributed by atoms with E-state index in [2.05, 4.69) is 21.3 Å². The van der Waals surface area contributed by atoms with E-state index in [1.165, 1.54) is 36.4 Å². The normalized spacial score (nSPS) is 11.4. The molecule has 0 heterocycles. The van der Waals surface area contributed by atoms with Crippen LogP contribution in [0.1, 0.15) is 6.92 Å². The van der Waals surface area contributed by atoms with Gasteiger partial charge in [0.15, 0.2) is 10.2 Å². The van der Waals surface area contributed by atoms with Crippen LogP contribution in [0.5, 0.6) is 0 Å². The van der Waals surface area contributed by atoms with E-state index >= 15 is 0 Å². The average Bonchev–Trinajstić information content (AvgIpc) is 2.59. The van der Waals surface area contributed by atoms with E-state index in [4.69, 9.17) is 47.6 Å². The Morgan fingerprint density at radius 1 is 0.926 bits per heavy atom. The van der Waals surface area contributed by atoms with Gasteiger partial charge in [-0.3, -0.25) is 0 Å². The van der Waals surface area contributed by atoms with Crippen LogP contribution in [-0.4, -0.2) is 22.8 Å². The SMILES string of the molecule is C[C@H](CNC(=S)Nc1ccc(F)c(Cl)c1)NC(=S)Nc1ccc(F)c(Cl)c1. The molecule has 0 unspecified atom stereocenters. The van der Waals surface area contributed by atoms with Gasteiger partial charge in [-0.1, -0.05) is 23.2 Å². The second-order valence-electron chi connectivity index (χ2n) is 5.59. The maximum Gasteiger partial charge on any atom is 0.171 e. The van der Waals surface area contributed by atoms with Crippen molar-refractivity contribution < 1.29 is 8.78 Å². The van der Waals surface area contributed by atoms with Crippen molar-refractivity contribution in [1.29, 1.82) is 0 Å². The van der Waals surface area contributed by atoms with Crippen molar-refractivity contribution in [2.45, 2.75) is 13.0 Å². The zero-order valence-corrected chi connectivity index (χ0v) is 17.2. The summed E-state index contributed by atoms with van der Waals surface area (Å²) in [7, 11) is 0. The van der Waals surface area contributed by atoms with Crippen LogP contribution in [0.15, 0.2) is 36.4 Å². The summed E-state index contributed by atoms with van der Waals surface area (Å²) in [4.78, 5) is 0. The Morgan fingerprint density at radius 3 is 1.89 bits per heavy atom. The predicted octanol–water partition coefficient (Wildman–Crippen LogP) is 4.93. The Hall–Kier alpha value is -1.74. The Bertz CT molecular complexity index is 852. The van der Waals surface area contributed by atoms with Gasteiger partial charge in [0.05, 0.1) is 10.0 Å². The fourth-order valence-corrected chi connectivity index (χ4v) is 2.89. The molecule has 4 N–H and O–H groups in total. The Morgan fingerprint density at radius 2 is 1.41 bits per heavy atom. The Labute approximate surface area is 176 Å². The summed E-state index contributed by atoms with van der Waals surface area (Å²) < 4.78 is 26.3. The average molecular weight is 449 g/mol. The second kappa shape index (κ2) is 9.98. The van der Waals surface area contributed by atoms with Gasteiger partial charge in [0.2, 0.25) is 0 Å². The number of nitrogens with one attached hydrogen (secondary N) is 4. The van der Waals surface area contributed by atoms with E-state index in [-0.39, 0.29) is 16.1 Å². The zero-order valence-electron chi connectivity index (χ0n) is 14.1. The van der Waals surface area contributed by atoms with Gasteiger partial charge in [-0.15, -0.1) is 0 Å². The summed E-state index contributed by atoms with van der Waals surface area (Å²) in [6.07, 6.45) is 0. The monoisotopic (exact) mass is 448 g/mol. The number of anilines is 2. The molecule has 1 atom stereocenters. The number of hydrogen-bond acceptors (Lipinski definition) is 2. The third kappa shape index (κ3) is 7.06. The van der Waals surface area contributed by atoms with Gasteiger partial charge < -0.3 is 21.3 Å². The van der Waals surface area contributed by atoms with Crippen molar-refractivity contribution >= 4 is 69.2 Å². The summed E-state index contributed by atoms with van der Waals surface area (Å²) in [6.45, 7) is 2.36. The van der Waals surface area contributed by atoms with Crippen LogP contribution in [0.2, 0.25) is 10.0 Å². The highest BCUT2D eigenvalue weighted by Gasteiger charge is 2.08. The standard InChI is InChI=1S/C17H16Cl2F2N4S2/c1-9(23-17(27)25-11-3-5-15(21)13(19)7-11)8-22-16(26)24-10-2-4-14(20)12(18)6-10/h2-7,9H,8H2,1H3,(H2,22,24,26)(H2,23,25,27)/t9-/m1/s1. The lowest BCUT2D eigenvalue weighted by Gasteiger charge is -2.19. The second-order valence-corrected chi connectivity index (χ2v) is 7.22. The van der Waals surface area contributed by atoms with Crippen molar-refractivity contribution in [2.24, 2.45) is 0 Å². The molecule has 2 rings (SSSR count). The lowest BCUT2D eigenvalue weighted by atomic mass is 10.3. The van der Waals surface area contributed by atoms with Gasteiger partial charge in [-0.25, -0.2) is 8.78 Å². The first kappa shape index (κ1) is 21.6. The van der Waals surface area contributed by atoms with Gasteiger partial charge in [-0.2, -0.15) is 0 Å². The molecule has 10 heteroatoms. The van der Waals surface area contributed by atoms with Crippen LogP contribution in [0, 0.1) is 11.6 Å². The van der Waals surface area contributed by atoms with E-state index in [0.29, 0.717) is 28.1 Å². The first-order chi connectivity index (χ1) is 12.7. The summed E-state index contributed by atoms with van der Waals surface area (Å²) in [5.41, 5.74) is 1.15. The molecule has 0 bridgehead atoms. The summed E-state index contributed by atoms with van der Waals surface area (Å²) in [5.74, 6) is -0.996. The number of hydrogen-bond donors (Lipinski definition) is 4. The van der Waals surface area contributed by atoms with Gasteiger partial charge >= 0.3 is 0 Å². The maximum atomic E-state index is 13.2. The lowest BCUT2D eigenvalue weighted by molar-refractivity contribution is 0.628. The summed E-state index contributed by atoms with van der Waals surface area (Å²) in [6, 6.07) is 8.39. The molecule has 0 aliphatic heterocycles. The largest absolute Gasteiger partial charge is 0.360 e. The van der Waals surface area contributed by atoms with Crippen molar-refractivity contribution in [2.75, 3.05) is 17.2 Å². The number of halogens is 4. The third-order valence-corrected chi connectivity index (χ3v) is 4.35. The third-order valence-electron chi connectivity index (χ3n) is 3.30. The number of benzene rings is 2. The van der Waals surface area contributed by atoms with Gasteiger partial charge in [0.25, 0.3) is 0 Å². The molecular formula is C17H16Cl2F2N4S2. The highest BCUT2D eigenvalue weighted by molar-refractivity contribution is 7.80. The molecule has 144 valence electrons. The summed E-state index contributed by atoms with van der Waals surface area (Å²) >= 11 is 21.9. The minimum Gasteiger partial charge on any atom is -0.360 e. The minimum absolute atomic E-state index is 0.00911. The summed E-state index contributed by atoms with van der Waals surface area (Å²) in [5, 5.41) is 12.6.